The lowest BCUT2D eigenvalue weighted by Crippen LogP contribution is -2.41. The van der Waals surface area contributed by atoms with E-state index in [0.29, 0.717) is 11.8 Å². The van der Waals surface area contributed by atoms with Crippen LogP contribution in [0.1, 0.15) is 53.4 Å². The Morgan fingerprint density at radius 1 is 1.05 bits per heavy atom. The Morgan fingerprint density at radius 3 is 2.09 bits per heavy atom. The molecule has 2 aliphatic heterocycles. The van der Waals surface area contributed by atoms with Gasteiger partial charge in [0.05, 0.1) is 0 Å². The molecular weight excluding hydrogens is 276 g/mol. The van der Waals surface area contributed by atoms with Gasteiger partial charge in [-0.3, -0.25) is 0 Å². The topological polar surface area (TPSA) is 32.8 Å². The van der Waals surface area contributed by atoms with Crippen LogP contribution < -0.4 is 0 Å². The number of ether oxygens (including phenoxy) is 1. The van der Waals surface area contributed by atoms with E-state index in [1.165, 1.54) is 38.8 Å². The Labute approximate surface area is 135 Å². The van der Waals surface area contributed by atoms with Gasteiger partial charge in [0.2, 0.25) is 0 Å². The number of rotatable bonds is 1. The number of piperidine rings is 1. The monoisotopic (exact) mass is 308 g/mol. The third kappa shape index (κ3) is 3.58. The molecule has 126 valence electrons. The number of likely N-dealkylation sites (tertiary alicyclic amines) is 2. The van der Waals surface area contributed by atoms with E-state index in [-0.39, 0.29) is 11.7 Å². The van der Waals surface area contributed by atoms with Crippen LogP contribution in [0.15, 0.2) is 0 Å². The second-order valence-corrected chi connectivity index (χ2v) is 8.75. The summed E-state index contributed by atoms with van der Waals surface area (Å²) in [7, 11) is 0. The van der Waals surface area contributed by atoms with Crippen molar-refractivity contribution >= 4 is 6.09 Å². The van der Waals surface area contributed by atoms with E-state index >= 15 is 0 Å². The molecule has 0 spiro atoms. The lowest BCUT2D eigenvalue weighted by Gasteiger charge is -2.35. The summed E-state index contributed by atoms with van der Waals surface area (Å²) in [6.07, 6.45) is 5.15. The van der Waals surface area contributed by atoms with E-state index in [4.69, 9.17) is 4.74 Å². The summed E-state index contributed by atoms with van der Waals surface area (Å²) < 4.78 is 5.52. The van der Waals surface area contributed by atoms with Crippen molar-refractivity contribution in [3.05, 3.63) is 0 Å². The maximum absolute atomic E-state index is 12.2. The van der Waals surface area contributed by atoms with Crippen LogP contribution in [0.4, 0.5) is 4.79 Å². The summed E-state index contributed by atoms with van der Waals surface area (Å²) in [6, 6.07) is 0.767. The first-order valence-corrected chi connectivity index (χ1v) is 9.04. The molecule has 1 aliphatic carbocycles. The minimum Gasteiger partial charge on any atom is -0.444 e. The average Bonchev–Trinajstić information content (AvgIpc) is 2.95. The van der Waals surface area contributed by atoms with Gasteiger partial charge in [-0.15, -0.1) is 0 Å². The number of amides is 1. The second-order valence-electron chi connectivity index (χ2n) is 8.75. The quantitative estimate of drug-likeness (QED) is 0.744. The van der Waals surface area contributed by atoms with Crippen LogP contribution in [0.3, 0.4) is 0 Å². The summed E-state index contributed by atoms with van der Waals surface area (Å²) in [5.74, 6) is 2.29. The highest BCUT2D eigenvalue weighted by Gasteiger charge is 2.45. The summed E-state index contributed by atoms with van der Waals surface area (Å²) >= 11 is 0. The van der Waals surface area contributed by atoms with Crippen molar-refractivity contribution in [1.29, 1.82) is 0 Å². The Kier molecular flexibility index (Phi) is 4.41. The number of nitrogens with zero attached hydrogens (tertiary/aromatic N) is 2. The van der Waals surface area contributed by atoms with Crippen molar-refractivity contribution in [1.82, 2.24) is 9.80 Å². The van der Waals surface area contributed by atoms with Crippen LogP contribution in [-0.4, -0.2) is 53.7 Å². The van der Waals surface area contributed by atoms with E-state index in [0.717, 1.165) is 25.0 Å². The molecule has 22 heavy (non-hydrogen) atoms. The molecule has 0 aromatic carbocycles. The van der Waals surface area contributed by atoms with Crippen LogP contribution in [0.2, 0.25) is 0 Å². The normalized spacial score (nSPS) is 34.0. The summed E-state index contributed by atoms with van der Waals surface area (Å²) in [5, 5.41) is 0. The van der Waals surface area contributed by atoms with E-state index in [9.17, 15) is 4.79 Å². The third-order valence-electron chi connectivity index (χ3n) is 5.71. The maximum Gasteiger partial charge on any atom is 0.410 e. The molecule has 3 fully saturated rings. The van der Waals surface area contributed by atoms with Gasteiger partial charge in [-0.2, -0.15) is 0 Å². The lowest BCUT2D eigenvalue weighted by atomic mass is 9.97. The Morgan fingerprint density at radius 2 is 1.59 bits per heavy atom. The standard InChI is InChI=1S/C18H32N2O2/c1-13-5-7-19(8-6-13)16-9-14-11-20(12-15(14)10-16)17(21)22-18(2,3)4/h13-16H,5-12H2,1-4H3/t14-,15+,16?. The first-order chi connectivity index (χ1) is 10.3. The third-order valence-corrected chi connectivity index (χ3v) is 5.71. The van der Waals surface area contributed by atoms with E-state index < -0.39 is 0 Å². The lowest BCUT2D eigenvalue weighted by molar-refractivity contribution is 0.0271. The summed E-state index contributed by atoms with van der Waals surface area (Å²) in [5.41, 5.74) is -0.387. The number of carbonyl (C=O) groups is 1. The average molecular weight is 308 g/mol. The molecule has 0 bridgehead atoms. The minimum atomic E-state index is -0.387. The zero-order valence-electron chi connectivity index (χ0n) is 14.7. The number of hydrogen-bond acceptors (Lipinski definition) is 3. The zero-order chi connectivity index (χ0) is 15.9. The largest absolute Gasteiger partial charge is 0.444 e. The van der Waals surface area contributed by atoms with Crippen LogP contribution >= 0.6 is 0 Å². The van der Waals surface area contributed by atoms with Crippen molar-refractivity contribution < 1.29 is 9.53 Å². The van der Waals surface area contributed by atoms with Gasteiger partial charge in [0, 0.05) is 19.1 Å². The molecule has 0 aromatic rings. The van der Waals surface area contributed by atoms with E-state index in [1.807, 2.05) is 25.7 Å². The molecule has 1 saturated carbocycles. The minimum absolute atomic E-state index is 0.120. The second kappa shape index (κ2) is 6.03. The van der Waals surface area contributed by atoms with Gasteiger partial charge < -0.3 is 14.5 Å². The number of hydrogen-bond donors (Lipinski definition) is 0. The predicted molar refractivity (Wildman–Crippen MR) is 87.8 cm³/mol. The van der Waals surface area contributed by atoms with Crippen LogP contribution in [0, 0.1) is 17.8 Å². The van der Waals surface area contributed by atoms with Gasteiger partial charge in [-0.05, 0) is 77.3 Å². The molecule has 2 saturated heterocycles. The molecule has 1 unspecified atom stereocenters. The molecule has 3 aliphatic rings. The molecule has 4 heteroatoms. The van der Waals surface area contributed by atoms with E-state index in [2.05, 4.69) is 11.8 Å². The first-order valence-electron chi connectivity index (χ1n) is 9.04. The molecule has 3 rings (SSSR count). The summed E-state index contributed by atoms with van der Waals surface area (Å²) in [6.45, 7) is 12.6. The van der Waals surface area contributed by atoms with Crippen LogP contribution in [0.25, 0.3) is 0 Å². The Balaban J connectivity index is 1.49. The fourth-order valence-corrected chi connectivity index (χ4v) is 4.44. The van der Waals surface area contributed by atoms with Crippen molar-refractivity contribution in [2.45, 2.75) is 65.0 Å². The zero-order valence-corrected chi connectivity index (χ0v) is 14.7. The number of carbonyl (C=O) groups excluding carboxylic acids is 1. The fraction of sp³-hybridized carbons (Fsp3) is 0.944. The Hall–Kier alpha value is -0.770. The van der Waals surface area contributed by atoms with Crippen molar-refractivity contribution in [3.8, 4) is 0 Å². The van der Waals surface area contributed by atoms with Crippen molar-refractivity contribution in [2.24, 2.45) is 17.8 Å². The van der Waals surface area contributed by atoms with Gasteiger partial charge in [0.1, 0.15) is 5.60 Å². The first kappa shape index (κ1) is 16.1. The summed E-state index contributed by atoms with van der Waals surface area (Å²) in [4.78, 5) is 16.9. The highest BCUT2D eigenvalue weighted by atomic mass is 16.6. The fourth-order valence-electron chi connectivity index (χ4n) is 4.44. The van der Waals surface area contributed by atoms with Crippen LogP contribution in [0.5, 0.6) is 0 Å². The molecule has 0 radical (unpaired) electrons. The molecule has 0 N–H and O–H groups in total. The highest BCUT2D eigenvalue weighted by molar-refractivity contribution is 5.68. The molecule has 4 nitrogen and oxygen atoms in total. The van der Waals surface area contributed by atoms with E-state index in [1.54, 1.807) is 0 Å². The van der Waals surface area contributed by atoms with Crippen molar-refractivity contribution in [2.75, 3.05) is 26.2 Å². The van der Waals surface area contributed by atoms with Crippen LogP contribution in [-0.2, 0) is 4.74 Å². The van der Waals surface area contributed by atoms with Crippen molar-refractivity contribution in [3.63, 3.8) is 0 Å². The van der Waals surface area contributed by atoms with Gasteiger partial charge in [-0.1, -0.05) is 6.92 Å². The number of fused-ring (bicyclic) bond motifs is 1. The molecule has 1 amide bonds. The van der Waals surface area contributed by atoms with Gasteiger partial charge in [-0.25, -0.2) is 4.79 Å². The molecule has 0 aromatic heterocycles. The molecular formula is C18H32N2O2. The molecule has 3 atom stereocenters. The van der Waals surface area contributed by atoms with Gasteiger partial charge in [0.25, 0.3) is 0 Å². The molecule has 2 heterocycles. The predicted octanol–water partition coefficient (Wildman–Crippen LogP) is 3.36. The maximum atomic E-state index is 12.2. The smallest absolute Gasteiger partial charge is 0.410 e. The Bertz CT molecular complexity index is 396. The highest BCUT2D eigenvalue weighted by Crippen LogP contribution is 2.41. The van der Waals surface area contributed by atoms with Gasteiger partial charge in [0.15, 0.2) is 0 Å². The SMILES string of the molecule is CC1CCN(C2C[C@@H]3CN(C(=O)OC(C)(C)C)C[C@@H]3C2)CC1. The van der Waals surface area contributed by atoms with Gasteiger partial charge >= 0.3 is 6.09 Å².